The molecule has 254 valence electrons. The summed E-state index contributed by atoms with van der Waals surface area (Å²) in [7, 11) is 0. The third kappa shape index (κ3) is 5.95. The van der Waals surface area contributed by atoms with Gasteiger partial charge in [-0.3, -0.25) is 4.79 Å². The van der Waals surface area contributed by atoms with Crippen molar-refractivity contribution in [3.8, 4) is 17.2 Å². The molecule has 0 bridgehead atoms. The molecule has 0 radical (unpaired) electrons. The van der Waals surface area contributed by atoms with Crippen LogP contribution >= 0.6 is 0 Å². The number of benzene rings is 3. The number of rotatable bonds is 9. The highest BCUT2D eigenvalue weighted by Crippen LogP contribution is 2.50. The molecule has 4 heterocycles. The first-order valence-corrected chi connectivity index (χ1v) is 15.6. The number of ether oxygens (including phenoxy) is 6. The molecule has 7 rings (SSSR count). The van der Waals surface area contributed by atoms with Crippen LogP contribution in [0.1, 0.15) is 51.6 Å². The molecule has 0 spiro atoms. The summed E-state index contributed by atoms with van der Waals surface area (Å²) in [4.78, 5) is 18.7. The topological polar surface area (TPSA) is 102 Å². The quantitative estimate of drug-likeness (QED) is 0.218. The molecule has 0 saturated carbocycles. The maximum absolute atomic E-state index is 15.9. The van der Waals surface area contributed by atoms with Gasteiger partial charge in [0, 0.05) is 23.1 Å². The van der Waals surface area contributed by atoms with Crippen molar-refractivity contribution >= 4 is 22.6 Å². The third-order valence-corrected chi connectivity index (χ3v) is 8.83. The molecular weight excluding hydrogens is 631 g/mol. The van der Waals surface area contributed by atoms with Gasteiger partial charge >= 0.3 is 6.29 Å². The van der Waals surface area contributed by atoms with Crippen molar-refractivity contribution in [3.63, 3.8) is 0 Å². The molecule has 0 aliphatic carbocycles. The van der Waals surface area contributed by atoms with E-state index in [0.717, 1.165) is 5.56 Å². The van der Waals surface area contributed by atoms with Crippen molar-refractivity contribution in [1.29, 1.82) is 0 Å². The molecule has 3 aromatic carbocycles. The van der Waals surface area contributed by atoms with E-state index in [0.29, 0.717) is 48.8 Å². The predicted molar refractivity (Wildman–Crippen MR) is 168 cm³/mol. The van der Waals surface area contributed by atoms with Crippen molar-refractivity contribution in [1.82, 2.24) is 9.55 Å². The number of nitrogens with one attached hydrogen (secondary N) is 1. The van der Waals surface area contributed by atoms with Crippen molar-refractivity contribution in [2.24, 2.45) is 0 Å². The highest BCUT2D eigenvalue weighted by molar-refractivity contribution is 6.01. The Morgan fingerprint density at radius 3 is 2.50 bits per heavy atom. The molecule has 1 fully saturated rings. The maximum atomic E-state index is 15.9. The number of amides is 1. The van der Waals surface area contributed by atoms with Gasteiger partial charge in [-0.05, 0) is 38.5 Å². The van der Waals surface area contributed by atoms with Crippen LogP contribution in [0, 0.1) is 5.82 Å². The largest absolute Gasteiger partial charge is 0.586 e. The fraction of sp³-hybridized carbons (Fsp3) is 0.429. The average molecular weight is 668 g/mol. The Morgan fingerprint density at radius 2 is 1.79 bits per heavy atom. The fourth-order valence-corrected chi connectivity index (χ4v) is 6.34. The van der Waals surface area contributed by atoms with Gasteiger partial charge in [0.25, 0.3) is 0 Å². The lowest BCUT2D eigenvalue weighted by molar-refractivity contribution is -0.286. The number of imidazole rings is 1. The maximum Gasteiger partial charge on any atom is 0.586 e. The molecule has 3 aliphatic heterocycles. The Kier molecular flexibility index (Phi) is 7.64. The molecule has 1 saturated heterocycles. The van der Waals surface area contributed by atoms with Gasteiger partial charge in [-0.25, -0.2) is 9.37 Å². The molecule has 1 aromatic heterocycles. The van der Waals surface area contributed by atoms with Gasteiger partial charge in [0.15, 0.2) is 17.3 Å². The first-order valence-electron chi connectivity index (χ1n) is 15.6. The molecule has 10 nitrogen and oxygen atoms in total. The minimum atomic E-state index is -3.83. The van der Waals surface area contributed by atoms with Gasteiger partial charge in [-0.15, -0.1) is 8.78 Å². The lowest BCUT2D eigenvalue weighted by Crippen LogP contribution is -2.39. The van der Waals surface area contributed by atoms with Crippen molar-refractivity contribution in [3.05, 3.63) is 77.4 Å². The first kappa shape index (κ1) is 32.2. The summed E-state index contributed by atoms with van der Waals surface area (Å²) in [5, 5.41) is 2.68. The Hall–Kier alpha value is -4.33. The molecule has 13 heteroatoms. The number of hydrogen-bond acceptors (Lipinski definition) is 8. The second-order valence-electron chi connectivity index (χ2n) is 13.7. The Bertz CT molecular complexity index is 1900. The summed E-state index contributed by atoms with van der Waals surface area (Å²) in [6, 6.07) is 15.2. The fourth-order valence-electron chi connectivity index (χ4n) is 6.34. The van der Waals surface area contributed by atoms with E-state index in [1.807, 2.05) is 62.6 Å². The lowest BCUT2D eigenvalue weighted by Gasteiger charge is -2.26. The summed E-state index contributed by atoms with van der Waals surface area (Å²) in [6.45, 7) is 10.6. The number of alkyl halides is 2. The summed E-state index contributed by atoms with van der Waals surface area (Å²) in [5.41, 5.74) is 0.272. The number of fused-ring (bicyclic) bond motifs is 3. The third-order valence-electron chi connectivity index (χ3n) is 8.83. The predicted octanol–water partition coefficient (Wildman–Crippen LogP) is 6.43. The van der Waals surface area contributed by atoms with Crippen LogP contribution in [-0.2, 0) is 43.0 Å². The summed E-state index contributed by atoms with van der Waals surface area (Å²) in [5.74, 6) is -1.60. The van der Waals surface area contributed by atoms with Gasteiger partial charge in [0.1, 0.15) is 35.5 Å². The van der Waals surface area contributed by atoms with E-state index in [-0.39, 0.29) is 35.6 Å². The van der Waals surface area contributed by atoms with Crippen LogP contribution < -0.4 is 19.5 Å². The summed E-state index contributed by atoms with van der Waals surface area (Å²) >= 11 is 0. The highest BCUT2D eigenvalue weighted by Gasteiger charge is 2.49. The van der Waals surface area contributed by atoms with Crippen LogP contribution in [0.4, 0.5) is 18.9 Å². The molecule has 1 amide bonds. The molecule has 4 aromatic rings. The normalized spacial score (nSPS) is 22.1. The minimum Gasteiger partial charge on any atom is -0.492 e. The van der Waals surface area contributed by atoms with Crippen molar-refractivity contribution in [2.45, 2.75) is 76.8 Å². The van der Waals surface area contributed by atoms with Crippen LogP contribution in [0.5, 0.6) is 17.2 Å². The SMILES string of the molecule is CC1(C)OC[C@@H](Cn2c(C(C)(C)COCc3ccccc3)nc3cc(NC(=O)C4(C)COc5cc6c(cc54)OC(F)(F)O6)c(F)cc32)O1. The summed E-state index contributed by atoms with van der Waals surface area (Å²) in [6.07, 6.45) is -4.13. The number of halogens is 3. The van der Waals surface area contributed by atoms with Gasteiger partial charge in [0.2, 0.25) is 5.91 Å². The van der Waals surface area contributed by atoms with E-state index in [9.17, 15) is 13.6 Å². The van der Waals surface area contributed by atoms with E-state index in [4.69, 9.17) is 23.9 Å². The zero-order chi connectivity index (χ0) is 34.1. The van der Waals surface area contributed by atoms with Crippen LogP contribution in [0.3, 0.4) is 0 Å². The zero-order valence-electron chi connectivity index (χ0n) is 27.2. The molecule has 1 N–H and O–H groups in total. The van der Waals surface area contributed by atoms with E-state index in [2.05, 4.69) is 14.8 Å². The number of nitrogens with zero attached hydrogens (tertiary/aromatic N) is 2. The van der Waals surface area contributed by atoms with Crippen molar-refractivity contribution < 1.29 is 46.4 Å². The molecule has 3 aliphatic rings. The standard InChI is InChI=1S/C35H36F3N3O7/c1-32(2,18-43-16-20-9-7-6-8-10-20)30-39-25-13-24(23(36)12-26(25)41(30)15-21-17-45-33(3,4)46-21)40-31(42)34(5)19-44-27-14-29-28(11-22(27)34)47-35(37,38)48-29/h6-14,21H,15-19H2,1-5H3,(H,40,42)/t21-,34?/m1/s1. The highest BCUT2D eigenvalue weighted by atomic mass is 19.3. The summed E-state index contributed by atoms with van der Waals surface area (Å²) < 4.78 is 77.9. The number of carbonyl (C=O) groups is 1. The van der Waals surface area contributed by atoms with Gasteiger partial charge in [0.05, 0.1) is 43.1 Å². The molecule has 48 heavy (non-hydrogen) atoms. The first-order chi connectivity index (χ1) is 22.6. The zero-order valence-corrected chi connectivity index (χ0v) is 27.2. The van der Waals surface area contributed by atoms with Crippen LogP contribution in [-0.4, -0.2) is 53.5 Å². The molecular formula is C35H36F3N3O7. The number of hydrogen-bond donors (Lipinski definition) is 1. The van der Waals surface area contributed by atoms with E-state index in [1.54, 1.807) is 6.92 Å². The average Bonchev–Trinajstić information content (AvgIpc) is 3.74. The number of carbonyl (C=O) groups excluding carboxylic acids is 1. The smallest absolute Gasteiger partial charge is 0.492 e. The number of aromatic nitrogens is 2. The van der Waals surface area contributed by atoms with E-state index < -0.39 is 34.6 Å². The van der Waals surface area contributed by atoms with Crippen LogP contribution in [0.25, 0.3) is 11.0 Å². The minimum absolute atomic E-state index is 0.0923. The van der Waals surface area contributed by atoms with Gasteiger partial charge < -0.3 is 38.3 Å². The Labute approximate surface area is 275 Å². The molecule has 2 atom stereocenters. The Balaban J connectivity index is 1.18. The Morgan fingerprint density at radius 1 is 1.06 bits per heavy atom. The second kappa shape index (κ2) is 11.4. The second-order valence-corrected chi connectivity index (χ2v) is 13.7. The lowest BCUT2D eigenvalue weighted by atomic mass is 9.83. The van der Waals surface area contributed by atoms with Gasteiger partial charge in [-0.2, -0.15) is 0 Å². The van der Waals surface area contributed by atoms with Crippen molar-refractivity contribution in [2.75, 3.05) is 25.1 Å². The monoisotopic (exact) mass is 667 g/mol. The molecule has 1 unspecified atom stereocenters. The van der Waals surface area contributed by atoms with E-state index in [1.165, 1.54) is 24.3 Å². The van der Waals surface area contributed by atoms with E-state index >= 15 is 4.39 Å². The van der Waals surface area contributed by atoms with Gasteiger partial charge in [-0.1, -0.05) is 44.2 Å². The number of anilines is 1. The van der Waals surface area contributed by atoms with Crippen LogP contribution in [0.2, 0.25) is 0 Å². The van der Waals surface area contributed by atoms with Crippen LogP contribution in [0.15, 0.2) is 54.6 Å².